The van der Waals surface area contributed by atoms with Gasteiger partial charge in [0, 0.05) is 6.54 Å². The Labute approximate surface area is 138 Å². The molecule has 3 nitrogen and oxygen atoms in total. The van der Waals surface area contributed by atoms with Crippen molar-refractivity contribution in [2.75, 3.05) is 6.54 Å². The van der Waals surface area contributed by atoms with Crippen molar-refractivity contribution in [3.63, 3.8) is 0 Å². The van der Waals surface area contributed by atoms with E-state index in [1.807, 2.05) is 54.6 Å². The van der Waals surface area contributed by atoms with Gasteiger partial charge in [0.05, 0.1) is 12.5 Å². The van der Waals surface area contributed by atoms with Gasteiger partial charge in [0.25, 0.3) is 0 Å². The zero-order chi connectivity index (χ0) is 16.5. The van der Waals surface area contributed by atoms with Crippen molar-refractivity contribution in [3.8, 4) is 0 Å². The first-order chi connectivity index (χ1) is 11.2. The number of carbonyl (C=O) groups is 1. The normalized spacial score (nSPS) is 11.9. The fourth-order valence-electron chi connectivity index (χ4n) is 2.69. The first-order valence-electron chi connectivity index (χ1n) is 8.26. The average molecular weight is 311 g/mol. The number of hydrogen-bond acceptors (Lipinski definition) is 2. The molecule has 1 amide bonds. The smallest absolute Gasteiger partial charge is 0.227 e. The highest BCUT2D eigenvalue weighted by Crippen LogP contribution is 2.21. The van der Waals surface area contributed by atoms with Crippen LogP contribution in [0.15, 0.2) is 54.6 Å². The fourth-order valence-corrected chi connectivity index (χ4v) is 2.69. The first kappa shape index (κ1) is 17.2. The Bertz CT molecular complexity index is 593. The minimum atomic E-state index is -0.0713. The lowest BCUT2D eigenvalue weighted by atomic mass is 9.93. The number of hydrogen-bond donors (Lipinski definition) is 2. The SMILES string of the molecule is CCCC(C(=O)NCCc1ccc(CO)cc1)c1ccccc1. The van der Waals surface area contributed by atoms with Crippen LogP contribution in [0.1, 0.15) is 42.4 Å². The molecule has 1 unspecified atom stereocenters. The maximum atomic E-state index is 12.5. The second-order valence-electron chi connectivity index (χ2n) is 5.77. The van der Waals surface area contributed by atoms with Crippen molar-refractivity contribution in [3.05, 3.63) is 71.3 Å². The summed E-state index contributed by atoms with van der Waals surface area (Å²) in [7, 11) is 0. The van der Waals surface area contributed by atoms with Gasteiger partial charge in [0.15, 0.2) is 0 Å². The van der Waals surface area contributed by atoms with Gasteiger partial charge in [0.2, 0.25) is 5.91 Å². The summed E-state index contributed by atoms with van der Waals surface area (Å²) in [6.45, 7) is 2.79. The summed E-state index contributed by atoms with van der Waals surface area (Å²) in [6, 6.07) is 17.8. The van der Waals surface area contributed by atoms with Crippen LogP contribution in [0.4, 0.5) is 0 Å². The predicted molar refractivity (Wildman–Crippen MR) is 93.2 cm³/mol. The largest absolute Gasteiger partial charge is 0.392 e. The highest BCUT2D eigenvalue weighted by atomic mass is 16.3. The lowest BCUT2D eigenvalue weighted by molar-refractivity contribution is -0.122. The van der Waals surface area contributed by atoms with Crippen LogP contribution in [-0.4, -0.2) is 17.6 Å². The zero-order valence-corrected chi connectivity index (χ0v) is 13.7. The van der Waals surface area contributed by atoms with E-state index in [4.69, 9.17) is 5.11 Å². The molecule has 0 spiro atoms. The van der Waals surface area contributed by atoms with Gasteiger partial charge < -0.3 is 10.4 Å². The van der Waals surface area contributed by atoms with E-state index in [-0.39, 0.29) is 18.4 Å². The molecular weight excluding hydrogens is 286 g/mol. The molecule has 0 aromatic heterocycles. The van der Waals surface area contributed by atoms with Crippen molar-refractivity contribution >= 4 is 5.91 Å². The maximum Gasteiger partial charge on any atom is 0.227 e. The Morgan fingerprint density at radius 3 is 2.30 bits per heavy atom. The summed E-state index contributed by atoms with van der Waals surface area (Å²) >= 11 is 0. The van der Waals surface area contributed by atoms with Crippen LogP contribution >= 0.6 is 0 Å². The van der Waals surface area contributed by atoms with Crippen LogP contribution in [0, 0.1) is 0 Å². The van der Waals surface area contributed by atoms with E-state index in [2.05, 4.69) is 12.2 Å². The van der Waals surface area contributed by atoms with Crippen molar-refractivity contribution in [2.45, 2.75) is 38.7 Å². The minimum absolute atomic E-state index is 0.0623. The Balaban J connectivity index is 1.88. The van der Waals surface area contributed by atoms with Gasteiger partial charge in [0.1, 0.15) is 0 Å². The maximum absolute atomic E-state index is 12.5. The van der Waals surface area contributed by atoms with Crippen molar-refractivity contribution < 1.29 is 9.90 Å². The molecule has 0 bridgehead atoms. The molecule has 0 saturated carbocycles. The van der Waals surface area contributed by atoms with Crippen LogP contribution in [0.2, 0.25) is 0 Å². The topological polar surface area (TPSA) is 49.3 Å². The second-order valence-corrected chi connectivity index (χ2v) is 5.77. The molecule has 0 aliphatic carbocycles. The quantitative estimate of drug-likeness (QED) is 0.785. The summed E-state index contributed by atoms with van der Waals surface area (Å²) in [5, 5.41) is 12.1. The van der Waals surface area contributed by atoms with Crippen LogP contribution < -0.4 is 5.32 Å². The summed E-state index contributed by atoms with van der Waals surface area (Å²) < 4.78 is 0. The fraction of sp³-hybridized carbons (Fsp3) is 0.350. The number of aliphatic hydroxyl groups excluding tert-OH is 1. The molecule has 0 aliphatic heterocycles. The third kappa shape index (κ3) is 5.22. The Hall–Kier alpha value is -2.13. The molecule has 0 aliphatic rings. The van der Waals surface area contributed by atoms with Crippen LogP contribution in [0.3, 0.4) is 0 Å². The summed E-state index contributed by atoms with van der Waals surface area (Å²) in [4.78, 5) is 12.5. The highest BCUT2D eigenvalue weighted by molar-refractivity contribution is 5.83. The second kappa shape index (κ2) is 9.11. The minimum Gasteiger partial charge on any atom is -0.392 e. The first-order valence-corrected chi connectivity index (χ1v) is 8.26. The molecular formula is C20H25NO2. The number of aliphatic hydroxyl groups is 1. The summed E-state index contributed by atoms with van der Waals surface area (Å²) in [5.41, 5.74) is 3.15. The van der Waals surface area contributed by atoms with Gasteiger partial charge >= 0.3 is 0 Å². The van der Waals surface area contributed by atoms with Crippen LogP contribution in [0.5, 0.6) is 0 Å². The molecule has 2 N–H and O–H groups in total. The number of nitrogens with one attached hydrogen (secondary N) is 1. The molecule has 0 radical (unpaired) electrons. The van der Waals surface area contributed by atoms with Crippen molar-refractivity contribution in [1.82, 2.24) is 5.32 Å². The van der Waals surface area contributed by atoms with E-state index in [1.54, 1.807) is 0 Å². The van der Waals surface area contributed by atoms with Gasteiger partial charge in [-0.05, 0) is 29.5 Å². The van der Waals surface area contributed by atoms with E-state index < -0.39 is 0 Å². The Morgan fingerprint density at radius 2 is 1.70 bits per heavy atom. The third-order valence-corrected chi connectivity index (χ3v) is 4.01. The third-order valence-electron chi connectivity index (χ3n) is 4.01. The van der Waals surface area contributed by atoms with Crippen LogP contribution in [-0.2, 0) is 17.8 Å². The molecule has 0 fully saturated rings. The molecule has 122 valence electrons. The molecule has 2 rings (SSSR count). The van der Waals surface area contributed by atoms with E-state index in [0.717, 1.165) is 36.0 Å². The predicted octanol–water partition coefficient (Wildman–Crippen LogP) is 3.42. The molecule has 3 heteroatoms. The highest BCUT2D eigenvalue weighted by Gasteiger charge is 2.18. The standard InChI is InChI=1S/C20H25NO2/c1-2-6-19(18-7-4-3-5-8-18)20(23)21-14-13-16-9-11-17(15-22)12-10-16/h3-5,7-12,19,22H,2,6,13-15H2,1H3,(H,21,23). The lowest BCUT2D eigenvalue weighted by Crippen LogP contribution is -2.31. The Kier molecular flexibility index (Phi) is 6.82. The number of carbonyl (C=O) groups excluding carboxylic acids is 1. The molecule has 2 aromatic carbocycles. The molecule has 2 aromatic rings. The summed E-state index contributed by atoms with van der Waals surface area (Å²) in [6.07, 6.45) is 2.64. The van der Waals surface area contributed by atoms with Gasteiger partial charge in [-0.2, -0.15) is 0 Å². The summed E-state index contributed by atoms with van der Waals surface area (Å²) in [5.74, 6) is 0.0305. The molecule has 23 heavy (non-hydrogen) atoms. The van der Waals surface area contributed by atoms with Gasteiger partial charge in [-0.3, -0.25) is 4.79 Å². The number of benzene rings is 2. The van der Waals surface area contributed by atoms with E-state index in [0.29, 0.717) is 6.54 Å². The van der Waals surface area contributed by atoms with Gasteiger partial charge in [-0.25, -0.2) is 0 Å². The Morgan fingerprint density at radius 1 is 1.04 bits per heavy atom. The molecule has 0 saturated heterocycles. The average Bonchev–Trinajstić information content (AvgIpc) is 2.61. The van der Waals surface area contributed by atoms with Crippen LogP contribution in [0.25, 0.3) is 0 Å². The number of amides is 1. The lowest BCUT2D eigenvalue weighted by Gasteiger charge is -2.16. The molecule has 0 heterocycles. The van der Waals surface area contributed by atoms with Crippen molar-refractivity contribution in [2.24, 2.45) is 0 Å². The molecule has 1 atom stereocenters. The van der Waals surface area contributed by atoms with Gasteiger partial charge in [-0.1, -0.05) is 67.9 Å². The van der Waals surface area contributed by atoms with E-state index in [9.17, 15) is 4.79 Å². The van der Waals surface area contributed by atoms with E-state index >= 15 is 0 Å². The zero-order valence-electron chi connectivity index (χ0n) is 13.7. The van der Waals surface area contributed by atoms with Crippen molar-refractivity contribution in [1.29, 1.82) is 0 Å². The van der Waals surface area contributed by atoms with Gasteiger partial charge in [-0.15, -0.1) is 0 Å². The monoisotopic (exact) mass is 311 g/mol. The van der Waals surface area contributed by atoms with E-state index in [1.165, 1.54) is 0 Å². The number of rotatable bonds is 8.